The van der Waals surface area contributed by atoms with Gasteiger partial charge in [-0.1, -0.05) is 19.9 Å². The van der Waals surface area contributed by atoms with Crippen molar-refractivity contribution in [3.63, 3.8) is 0 Å². The van der Waals surface area contributed by atoms with Crippen LogP contribution in [0.15, 0.2) is 18.2 Å². The van der Waals surface area contributed by atoms with Crippen molar-refractivity contribution in [1.82, 2.24) is 0 Å². The Bertz CT molecular complexity index is 404. The summed E-state index contributed by atoms with van der Waals surface area (Å²) >= 11 is 3.71. The van der Waals surface area contributed by atoms with E-state index in [9.17, 15) is 9.50 Å². The Morgan fingerprint density at radius 3 is 2.61 bits per heavy atom. The summed E-state index contributed by atoms with van der Waals surface area (Å²) < 4.78 is 13.4. The van der Waals surface area contributed by atoms with Crippen LogP contribution < -0.4 is 0 Å². The van der Waals surface area contributed by atoms with Crippen LogP contribution in [0.1, 0.15) is 31.1 Å². The number of aliphatic hydroxyl groups is 1. The standard InChI is InChI=1S/C14H19FOS2/c1-8-4-11(6-12(15)5-8)14(16)13-7-17-9(2)10(3)18-13/h4-6,9-10,13-14,16H,7H2,1-3H3. The summed E-state index contributed by atoms with van der Waals surface area (Å²) in [7, 11) is 0. The lowest BCUT2D eigenvalue weighted by molar-refractivity contribution is 0.179. The van der Waals surface area contributed by atoms with Crippen molar-refractivity contribution in [1.29, 1.82) is 0 Å². The highest BCUT2D eigenvalue weighted by Gasteiger charge is 2.31. The van der Waals surface area contributed by atoms with Gasteiger partial charge in [0, 0.05) is 21.5 Å². The predicted octanol–water partition coefficient (Wildman–Crippen LogP) is 3.79. The van der Waals surface area contributed by atoms with E-state index in [1.165, 1.54) is 12.1 Å². The second-order valence-electron chi connectivity index (χ2n) is 4.92. The number of halogens is 1. The molecule has 1 N–H and O–H groups in total. The van der Waals surface area contributed by atoms with Crippen LogP contribution in [0.4, 0.5) is 4.39 Å². The maximum Gasteiger partial charge on any atom is 0.123 e. The van der Waals surface area contributed by atoms with Crippen LogP contribution in [0.25, 0.3) is 0 Å². The van der Waals surface area contributed by atoms with E-state index in [1.807, 2.05) is 36.5 Å². The molecule has 1 aliphatic heterocycles. The van der Waals surface area contributed by atoms with Gasteiger partial charge >= 0.3 is 0 Å². The summed E-state index contributed by atoms with van der Waals surface area (Å²) in [5, 5.41) is 11.7. The Morgan fingerprint density at radius 1 is 1.28 bits per heavy atom. The van der Waals surface area contributed by atoms with E-state index in [1.54, 1.807) is 0 Å². The van der Waals surface area contributed by atoms with E-state index in [-0.39, 0.29) is 11.1 Å². The van der Waals surface area contributed by atoms with Crippen LogP contribution >= 0.6 is 23.5 Å². The normalized spacial score (nSPS) is 30.2. The lowest BCUT2D eigenvalue weighted by Crippen LogP contribution is -2.30. The summed E-state index contributed by atoms with van der Waals surface area (Å²) in [6.07, 6.45) is -0.577. The SMILES string of the molecule is Cc1cc(F)cc(C(O)C2CSC(C)C(C)S2)c1. The van der Waals surface area contributed by atoms with Gasteiger partial charge in [-0.15, -0.1) is 0 Å². The average Bonchev–Trinajstić information content (AvgIpc) is 2.30. The van der Waals surface area contributed by atoms with Crippen LogP contribution in [0, 0.1) is 12.7 Å². The highest BCUT2D eigenvalue weighted by molar-refractivity contribution is 8.07. The molecule has 4 unspecified atom stereocenters. The van der Waals surface area contributed by atoms with Gasteiger partial charge in [0.2, 0.25) is 0 Å². The third kappa shape index (κ3) is 3.22. The van der Waals surface area contributed by atoms with Gasteiger partial charge in [0.1, 0.15) is 5.82 Å². The first-order chi connectivity index (χ1) is 8.47. The second kappa shape index (κ2) is 5.85. The van der Waals surface area contributed by atoms with Gasteiger partial charge in [-0.25, -0.2) is 4.39 Å². The van der Waals surface area contributed by atoms with E-state index in [4.69, 9.17) is 0 Å². The van der Waals surface area contributed by atoms with Gasteiger partial charge in [0.05, 0.1) is 6.10 Å². The topological polar surface area (TPSA) is 20.2 Å². The van der Waals surface area contributed by atoms with Crippen LogP contribution in [0.2, 0.25) is 0 Å². The summed E-state index contributed by atoms with van der Waals surface area (Å²) in [6.45, 7) is 6.27. The molecule has 4 atom stereocenters. The minimum atomic E-state index is -0.577. The van der Waals surface area contributed by atoms with Crippen molar-refractivity contribution in [3.05, 3.63) is 35.1 Å². The van der Waals surface area contributed by atoms with Crippen molar-refractivity contribution < 1.29 is 9.50 Å². The third-order valence-electron chi connectivity index (χ3n) is 3.33. The molecule has 1 aromatic rings. The van der Waals surface area contributed by atoms with Gasteiger partial charge in [0.25, 0.3) is 0 Å². The van der Waals surface area contributed by atoms with Crippen molar-refractivity contribution in [2.75, 3.05) is 5.75 Å². The molecular weight excluding hydrogens is 267 g/mol. The minimum Gasteiger partial charge on any atom is -0.387 e. The smallest absolute Gasteiger partial charge is 0.123 e. The van der Waals surface area contributed by atoms with E-state index in [0.29, 0.717) is 16.1 Å². The molecule has 0 aromatic heterocycles. The van der Waals surface area contributed by atoms with E-state index >= 15 is 0 Å². The molecular formula is C14H19FOS2. The van der Waals surface area contributed by atoms with E-state index in [2.05, 4.69) is 13.8 Å². The largest absolute Gasteiger partial charge is 0.387 e. The summed E-state index contributed by atoms with van der Waals surface area (Å²) in [6, 6.07) is 4.82. The number of aryl methyl sites for hydroxylation is 1. The highest BCUT2D eigenvalue weighted by Crippen LogP contribution is 2.41. The molecule has 0 aliphatic carbocycles. The molecule has 0 saturated carbocycles. The first-order valence-electron chi connectivity index (χ1n) is 6.19. The minimum absolute atomic E-state index is 0.155. The Hall–Kier alpha value is -0.190. The number of hydrogen-bond acceptors (Lipinski definition) is 3. The van der Waals surface area contributed by atoms with Crippen molar-refractivity contribution in [2.24, 2.45) is 0 Å². The number of thioether (sulfide) groups is 2. The maximum absolute atomic E-state index is 13.4. The molecule has 1 heterocycles. The maximum atomic E-state index is 13.4. The third-order valence-corrected chi connectivity index (χ3v) is 6.81. The predicted molar refractivity (Wildman–Crippen MR) is 78.9 cm³/mol. The van der Waals surface area contributed by atoms with Crippen molar-refractivity contribution >= 4 is 23.5 Å². The van der Waals surface area contributed by atoms with Crippen molar-refractivity contribution in [2.45, 2.75) is 42.6 Å². The van der Waals surface area contributed by atoms with Crippen LogP contribution in [0.3, 0.4) is 0 Å². The van der Waals surface area contributed by atoms with E-state index < -0.39 is 6.10 Å². The fourth-order valence-electron chi connectivity index (χ4n) is 2.12. The summed E-state index contributed by atoms with van der Waals surface area (Å²) in [4.78, 5) is 0. The molecule has 1 fully saturated rings. The Morgan fingerprint density at radius 2 is 2.00 bits per heavy atom. The van der Waals surface area contributed by atoms with Crippen LogP contribution in [-0.4, -0.2) is 26.6 Å². The molecule has 0 amide bonds. The fraction of sp³-hybridized carbons (Fsp3) is 0.571. The Labute approximate surface area is 117 Å². The molecule has 1 nitrogen and oxygen atoms in total. The Kier molecular flexibility index (Phi) is 4.62. The number of hydrogen-bond donors (Lipinski definition) is 1. The lowest BCUT2D eigenvalue weighted by Gasteiger charge is -2.34. The lowest BCUT2D eigenvalue weighted by atomic mass is 10.0. The molecule has 1 aromatic carbocycles. The number of benzene rings is 1. The van der Waals surface area contributed by atoms with Gasteiger partial charge in [-0.05, 0) is 30.2 Å². The Balaban J connectivity index is 2.13. The monoisotopic (exact) mass is 286 g/mol. The van der Waals surface area contributed by atoms with Crippen molar-refractivity contribution in [3.8, 4) is 0 Å². The van der Waals surface area contributed by atoms with Gasteiger partial charge in [-0.2, -0.15) is 23.5 Å². The van der Waals surface area contributed by atoms with Gasteiger partial charge < -0.3 is 5.11 Å². The molecule has 100 valence electrons. The zero-order valence-electron chi connectivity index (χ0n) is 10.9. The molecule has 0 spiro atoms. The molecule has 0 radical (unpaired) electrons. The van der Waals surface area contributed by atoms with Gasteiger partial charge in [-0.3, -0.25) is 0 Å². The highest BCUT2D eigenvalue weighted by atomic mass is 32.2. The molecule has 1 aliphatic rings. The van der Waals surface area contributed by atoms with Crippen LogP contribution in [-0.2, 0) is 0 Å². The second-order valence-corrected chi connectivity index (χ2v) is 7.96. The molecule has 4 heteroatoms. The molecule has 2 rings (SSSR count). The first kappa shape index (κ1) is 14.2. The number of aliphatic hydroxyl groups excluding tert-OH is 1. The molecule has 1 saturated heterocycles. The zero-order valence-corrected chi connectivity index (χ0v) is 12.5. The van der Waals surface area contributed by atoms with Gasteiger partial charge in [0.15, 0.2) is 0 Å². The average molecular weight is 286 g/mol. The number of rotatable bonds is 2. The quantitative estimate of drug-likeness (QED) is 0.893. The summed E-state index contributed by atoms with van der Waals surface area (Å²) in [5.74, 6) is 0.659. The fourth-order valence-corrected chi connectivity index (χ4v) is 5.13. The van der Waals surface area contributed by atoms with Crippen LogP contribution in [0.5, 0.6) is 0 Å². The summed E-state index contributed by atoms with van der Waals surface area (Å²) in [5.41, 5.74) is 1.56. The first-order valence-corrected chi connectivity index (χ1v) is 8.18. The zero-order chi connectivity index (χ0) is 13.3. The molecule has 18 heavy (non-hydrogen) atoms. The van der Waals surface area contributed by atoms with E-state index in [0.717, 1.165) is 11.3 Å². The molecule has 0 bridgehead atoms.